The van der Waals surface area contributed by atoms with Gasteiger partial charge in [-0.2, -0.15) is 0 Å². The summed E-state index contributed by atoms with van der Waals surface area (Å²) in [6.45, 7) is 5.75. The summed E-state index contributed by atoms with van der Waals surface area (Å²) < 4.78 is 5.71. The molecule has 0 fully saturated rings. The molecule has 3 aromatic rings. The fourth-order valence-corrected chi connectivity index (χ4v) is 3.75. The van der Waals surface area contributed by atoms with Gasteiger partial charge >= 0.3 is 0 Å². The van der Waals surface area contributed by atoms with Crippen LogP contribution in [-0.4, -0.2) is 17.9 Å². The monoisotopic (exact) mass is 446 g/mol. The van der Waals surface area contributed by atoms with Crippen LogP contribution < -0.4 is 15.0 Å². The molecule has 1 N–H and O–H groups in total. The SMILES string of the molecule is Cc1c(Cl)cccc1NC1=C(c2ccc(OC(C)C)cc2)C(=O)N(c2ccccc2)C1=O. The number of anilines is 2. The smallest absolute Gasteiger partial charge is 0.282 e. The number of imide groups is 1. The van der Waals surface area contributed by atoms with E-state index in [1.165, 1.54) is 4.90 Å². The van der Waals surface area contributed by atoms with Gasteiger partial charge in [-0.05, 0) is 68.3 Å². The minimum Gasteiger partial charge on any atom is -0.491 e. The lowest BCUT2D eigenvalue weighted by Crippen LogP contribution is -2.32. The van der Waals surface area contributed by atoms with Crippen molar-refractivity contribution < 1.29 is 14.3 Å². The highest BCUT2D eigenvalue weighted by molar-refractivity contribution is 6.46. The number of halogens is 1. The van der Waals surface area contributed by atoms with Gasteiger partial charge in [0, 0.05) is 10.7 Å². The van der Waals surface area contributed by atoms with Crippen LogP contribution in [0.5, 0.6) is 5.75 Å². The van der Waals surface area contributed by atoms with E-state index in [-0.39, 0.29) is 17.7 Å². The molecule has 2 amide bonds. The molecular formula is C26H23ClN2O3. The van der Waals surface area contributed by atoms with Crippen LogP contribution in [0.3, 0.4) is 0 Å². The lowest BCUT2D eigenvalue weighted by Gasteiger charge is -2.15. The van der Waals surface area contributed by atoms with Gasteiger partial charge in [-0.3, -0.25) is 9.59 Å². The van der Waals surface area contributed by atoms with E-state index in [2.05, 4.69) is 5.32 Å². The number of carbonyl (C=O) groups excluding carboxylic acids is 2. The molecule has 0 radical (unpaired) electrons. The van der Waals surface area contributed by atoms with E-state index in [1.807, 2.05) is 32.9 Å². The minimum absolute atomic E-state index is 0.0337. The number of ether oxygens (including phenoxy) is 1. The van der Waals surface area contributed by atoms with Gasteiger partial charge < -0.3 is 10.1 Å². The number of hydrogen-bond acceptors (Lipinski definition) is 4. The van der Waals surface area contributed by atoms with Crippen LogP contribution in [0.2, 0.25) is 5.02 Å². The van der Waals surface area contributed by atoms with E-state index >= 15 is 0 Å². The van der Waals surface area contributed by atoms with Crippen LogP contribution in [0.1, 0.15) is 25.0 Å². The van der Waals surface area contributed by atoms with Crippen molar-refractivity contribution in [3.8, 4) is 5.75 Å². The number of para-hydroxylation sites is 1. The maximum Gasteiger partial charge on any atom is 0.282 e. The summed E-state index contributed by atoms with van der Waals surface area (Å²) in [6, 6.07) is 21.5. The van der Waals surface area contributed by atoms with Crippen LogP contribution in [0.15, 0.2) is 78.5 Å². The van der Waals surface area contributed by atoms with Crippen LogP contribution in [-0.2, 0) is 9.59 Å². The summed E-state index contributed by atoms with van der Waals surface area (Å²) in [7, 11) is 0. The van der Waals surface area contributed by atoms with Crippen molar-refractivity contribution in [2.24, 2.45) is 0 Å². The molecule has 0 spiro atoms. The molecule has 5 nitrogen and oxygen atoms in total. The fourth-order valence-electron chi connectivity index (χ4n) is 3.57. The van der Waals surface area contributed by atoms with E-state index in [1.54, 1.807) is 60.7 Å². The van der Waals surface area contributed by atoms with E-state index in [0.29, 0.717) is 33.3 Å². The zero-order valence-corrected chi connectivity index (χ0v) is 18.8. The molecule has 32 heavy (non-hydrogen) atoms. The van der Waals surface area contributed by atoms with Crippen LogP contribution in [0, 0.1) is 6.92 Å². The lowest BCUT2D eigenvalue weighted by molar-refractivity contribution is -0.120. The Labute approximate surface area is 192 Å². The predicted octanol–water partition coefficient (Wildman–Crippen LogP) is 5.83. The van der Waals surface area contributed by atoms with Gasteiger partial charge in [-0.1, -0.05) is 48.0 Å². The van der Waals surface area contributed by atoms with Crippen LogP contribution >= 0.6 is 11.6 Å². The quantitative estimate of drug-likeness (QED) is 0.484. The third-order valence-corrected chi connectivity index (χ3v) is 5.55. The molecule has 0 aliphatic carbocycles. The molecule has 0 saturated carbocycles. The standard InChI is InChI=1S/C26H23ClN2O3/c1-16(2)32-20-14-12-18(13-15-20)23-24(28-22-11-7-10-21(27)17(22)3)26(31)29(25(23)30)19-8-5-4-6-9-19/h4-16,28H,1-3H3. The van der Waals surface area contributed by atoms with Gasteiger partial charge in [0.2, 0.25) is 0 Å². The summed E-state index contributed by atoms with van der Waals surface area (Å²) in [4.78, 5) is 28.1. The van der Waals surface area contributed by atoms with Gasteiger partial charge in [0.25, 0.3) is 11.8 Å². The van der Waals surface area contributed by atoms with Crippen molar-refractivity contribution in [2.45, 2.75) is 26.9 Å². The Morgan fingerprint density at radius 3 is 2.22 bits per heavy atom. The van der Waals surface area contributed by atoms with Crippen LogP contribution in [0.25, 0.3) is 5.57 Å². The summed E-state index contributed by atoms with van der Waals surface area (Å²) in [5, 5.41) is 3.75. The molecule has 1 aliphatic heterocycles. The van der Waals surface area contributed by atoms with Gasteiger partial charge in [-0.25, -0.2) is 4.90 Å². The molecule has 1 aliphatic rings. The second kappa shape index (κ2) is 8.89. The largest absolute Gasteiger partial charge is 0.491 e. The van der Waals surface area contributed by atoms with E-state index in [0.717, 1.165) is 5.56 Å². The number of rotatable bonds is 6. The Hall–Kier alpha value is -3.57. The highest BCUT2D eigenvalue weighted by Crippen LogP contribution is 2.35. The molecule has 0 saturated heterocycles. The van der Waals surface area contributed by atoms with E-state index in [9.17, 15) is 9.59 Å². The molecule has 1 heterocycles. The Kier molecular flexibility index (Phi) is 6.01. The van der Waals surface area contributed by atoms with Crippen LogP contribution in [0.4, 0.5) is 11.4 Å². The molecular weight excluding hydrogens is 424 g/mol. The first-order valence-electron chi connectivity index (χ1n) is 10.3. The molecule has 0 bridgehead atoms. The van der Waals surface area contributed by atoms with Crippen molar-refractivity contribution in [1.29, 1.82) is 0 Å². The Bertz CT molecular complexity index is 1200. The van der Waals surface area contributed by atoms with Crippen molar-refractivity contribution >= 4 is 40.4 Å². The molecule has 6 heteroatoms. The van der Waals surface area contributed by atoms with Gasteiger partial charge in [-0.15, -0.1) is 0 Å². The highest BCUT2D eigenvalue weighted by atomic mass is 35.5. The zero-order chi connectivity index (χ0) is 22.8. The normalized spacial score (nSPS) is 13.8. The topological polar surface area (TPSA) is 58.6 Å². The first-order valence-corrected chi connectivity index (χ1v) is 10.7. The summed E-state index contributed by atoms with van der Waals surface area (Å²) in [5.74, 6) is -0.111. The van der Waals surface area contributed by atoms with Gasteiger partial charge in [0.15, 0.2) is 0 Å². The molecule has 3 aromatic carbocycles. The van der Waals surface area contributed by atoms with E-state index < -0.39 is 5.91 Å². The number of hydrogen-bond donors (Lipinski definition) is 1. The second-order valence-corrected chi connectivity index (χ2v) is 8.17. The first kappa shape index (κ1) is 21.7. The Balaban J connectivity index is 1.80. The highest BCUT2D eigenvalue weighted by Gasteiger charge is 2.40. The van der Waals surface area contributed by atoms with Gasteiger partial charge in [0.05, 0.1) is 17.4 Å². The molecule has 0 aromatic heterocycles. The number of carbonyl (C=O) groups is 2. The Morgan fingerprint density at radius 2 is 1.56 bits per heavy atom. The number of amides is 2. The van der Waals surface area contributed by atoms with Crippen molar-refractivity contribution in [1.82, 2.24) is 0 Å². The fraction of sp³-hybridized carbons (Fsp3) is 0.154. The van der Waals surface area contributed by atoms with Crippen molar-refractivity contribution in [3.05, 3.63) is 94.6 Å². The lowest BCUT2D eigenvalue weighted by atomic mass is 10.0. The maximum atomic E-state index is 13.5. The second-order valence-electron chi connectivity index (χ2n) is 7.76. The Morgan fingerprint density at radius 1 is 0.875 bits per heavy atom. The average molecular weight is 447 g/mol. The average Bonchev–Trinajstić information content (AvgIpc) is 3.01. The molecule has 0 unspecified atom stereocenters. The summed E-state index contributed by atoms with van der Waals surface area (Å²) in [5.41, 5.74) is 3.11. The summed E-state index contributed by atoms with van der Waals surface area (Å²) in [6.07, 6.45) is 0.0337. The number of benzene rings is 3. The van der Waals surface area contributed by atoms with Crippen molar-refractivity contribution in [3.63, 3.8) is 0 Å². The molecule has 0 atom stereocenters. The number of nitrogens with zero attached hydrogens (tertiary/aromatic N) is 1. The van der Waals surface area contributed by atoms with E-state index in [4.69, 9.17) is 16.3 Å². The molecule has 4 rings (SSSR count). The first-order chi connectivity index (χ1) is 15.4. The third-order valence-electron chi connectivity index (χ3n) is 5.14. The third kappa shape index (κ3) is 4.12. The molecule has 162 valence electrons. The minimum atomic E-state index is -0.418. The summed E-state index contributed by atoms with van der Waals surface area (Å²) >= 11 is 6.27. The van der Waals surface area contributed by atoms with Gasteiger partial charge in [0.1, 0.15) is 11.4 Å². The van der Waals surface area contributed by atoms with Crippen molar-refractivity contribution in [2.75, 3.05) is 10.2 Å². The predicted molar refractivity (Wildman–Crippen MR) is 128 cm³/mol. The maximum absolute atomic E-state index is 13.5. The number of nitrogens with one attached hydrogen (secondary N) is 1. The zero-order valence-electron chi connectivity index (χ0n) is 18.1.